The van der Waals surface area contributed by atoms with Gasteiger partial charge >= 0.3 is 12.1 Å². The highest BCUT2D eigenvalue weighted by Crippen LogP contribution is 2.33. The van der Waals surface area contributed by atoms with E-state index in [1.165, 1.54) is 12.1 Å². The van der Waals surface area contributed by atoms with Gasteiger partial charge in [0.2, 0.25) is 0 Å². The number of fused-ring (bicyclic) bond motifs is 1. The number of hydrogen-bond acceptors (Lipinski definition) is 6. The molecule has 0 saturated carbocycles. The van der Waals surface area contributed by atoms with Gasteiger partial charge in [-0.3, -0.25) is 0 Å². The van der Waals surface area contributed by atoms with Crippen LogP contribution in [0.5, 0.6) is 11.5 Å². The summed E-state index contributed by atoms with van der Waals surface area (Å²) in [6.07, 6.45) is -2.41. The topological polar surface area (TPSA) is 114 Å². The van der Waals surface area contributed by atoms with Crippen LogP contribution in [0.1, 0.15) is 32.4 Å². The molecule has 1 aromatic carbocycles. The number of aliphatic carboxylic acids is 1. The predicted molar refractivity (Wildman–Crippen MR) is 83.2 cm³/mol. The number of carbonyl (C=O) groups excluding carboxylic acids is 1. The molecule has 8 nitrogen and oxygen atoms in total. The number of carboxylic acid groups (broad SMARTS) is 1. The molecular weight excluding hydrogens is 318 g/mol. The first-order valence-electron chi connectivity index (χ1n) is 7.47. The standard InChI is InChI=1S/C16H21NO7/c1-16(2,3)24-15(21)17-12(14(19)20)13(18)9-4-5-10-11(8-9)23-7-6-22-10/h4-5,8,12-13,18H,6-7H2,1-3H3,(H,17,21)(H,19,20). The number of hydrogen-bond donors (Lipinski definition) is 3. The van der Waals surface area contributed by atoms with Gasteiger partial charge in [-0.2, -0.15) is 0 Å². The normalized spacial score (nSPS) is 16.0. The van der Waals surface area contributed by atoms with Crippen LogP contribution in [0, 0.1) is 0 Å². The molecule has 0 aliphatic carbocycles. The molecule has 0 spiro atoms. The number of aliphatic hydroxyl groups is 1. The molecule has 1 aliphatic rings. The van der Waals surface area contributed by atoms with Gasteiger partial charge in [-0.05, 0) is 38.5 Å². The number of ether oxygens (including phenoxy) is 3. The van der Waals surface area contributed by atoms with E-state index in [0.717, 1.165) is 0 Å². The Bertz CT molecular complexity index is 623. The molecule has 1 heterocycles. The van der Waals surface area contributed by atoms with E-state index < -0.39 is 29.8 Å². The fourth-order valence-electron chi connectivity index (χ4n) is 2.15. The molecule has 0 fully saturated rings. The SMILES string of the molecule is CC(C)(C)OC(=O)NC(C(=O)O)C(O)c1ccc2c(c1)OCCO2. The van der Waals surface area contributed by atoms with Gasteiger partial charge in [-0.15, -0.1) is 0 Å². The maximum atomic E-state index is 11.8. The Morgan fingerprint density at radius 2 is 1.83 bits per heavy atom. The fourth-order valence-corrected chi connectivity index (χ4v) is 2.15. The number of rotatable bonds is 4. The third-order valence-electron chi connectivity index (χ3n) is 3.16. The zero-order valence-electron chi connectivity index (χ0n) is 13.7. The lowest BCUT2D eigenvalue weighted by molar-refractivity contribution is -0.142. The number of nitrogens with one attached hydrogen (secondary N) is 1. The molecule has 0 bridgehead atoms. The Balaban J connectivity index is 2.15. The largest absolute Gasteiger partial charge is 0.486 e. The maximum absolute atomic E-state index is 11.8. The average molecular weight is 339 g/mol. The van der Waals surface area contributed by atoms with Gasteiger partial charge in [0, 0.05) is 0 Å². The minimum Gasteiger partial charge on any atom is -0.486 e. The number of aliphatic hydroxyl groups excluding tert-OH is 1. The maximum Gasteiger partial charge on any atom is 0.408 e. The molecule has 1 amide bonds. The number of carboxylic acids is 1. The Hall–Kier alpha value is -2.48. The summed E-state index contributed by atoms with van der Waals surface area (Å²) < 4.78 is 15.8. The molecule has 2 rings (SSSR count). The summed E-state index contributed by atoms with van der Waals surface area (Å²) in [6, 6.07) is 3.03. The molecule has 0 radical (unpaired) electrons. The second-order valence-electron chi connectivity index (χ2n) is 6.31. The van der Waals surface area contributed by atoms with Crippen LogP contribution >= 0.6 is 0 Å². The van der Waals surface area contributed by atoms with Crippen molar-refractivity contribution in [1.82, 2.24) is 5.32 Å². The van der Waals surface area contributed by atoms with E-state index >= 15 is 0 Å². The predicted octanol–water partition coefficient (Wildman–Crippen LogP) is 1.47. The summed E-state index contributed by atoms with van der Waals surface area (Å²) in [4.78, 5) is 23.2. The summed E-state index contributed by atoms with van der Waals surface area (Å²) >= 11 is 0. The summed E-state index contributed by atoms with van der Waals surface area (Å²) in [6.45, 7) is 5.75. The molecule has 3 N–H and O–H groups in total. The monoisotopic (exact) mass is 339 g/mol. The number of amides is 1. The van der Waals surface area contributed by atoms with Crippen molar-refractivity contribution < 1.29 is 34.0 Å². The quantitative estimate of drug-likeness (QED) is 0.761. The second kappa shape index (κ2) is 6.96. The third-order valence-corrected chi connectivity index (χ3v) is 3.16. The van der Waals surface area contributed by atoms with Crippen molar-refractivity contribution in [2.24, 2.45) is 0 Å². The Morgan fingerprint density at radius 1 is 1.21 bits per heavy atom. The Kier molecular flexibility index (Phi) is 5.18. The van der Waals surface area contributed by atoms with Crippen molar-refractivity contribution in [2.75, 3.05) is 13.2 Å². The minimum atomic E-state index is -1.57. The number of carbonyl (C=O) groups is 2. The smallest absolute Gasteiger partial charge is 0.408 e. The van der Waals surface area contributed by atoms with Crippen LogP contribution in [0.4, 0.5) is 4.79 Å². The molecule has 1 aliphatic heterocycles. The number of alkyl carbamates (subject to hydrolysis) is 1. The number of benzene rings is 1. The molecule has 0 saturated heterocycles. The molecule has 0 aromatic heterocycles. The zero-order valence-corrected chi connectivity index (χ0v) is 13.7. The molecule has 2 atom stereocenters. The van der Waals surface area contributed by atoms with E-state index in [1.54, 1.807) is 26.8 Å². The summed E-state index contributed by atoms with van der Waals surface area (Å²) in [5.41, 5.74) is -0.502. The van der Waals surface area contributed by atoms with Crippen molar-refractivity contribution in [1.29, 1.82) is 0 Å². The van der Waals surface area contributed by atoms with Crippen LogP contribution in [-0.4, -0.2) is 47.1 Å². The molecular formula is C16H21NO7. The van der Waals surface area contributed by atoms with E-state index in [9.17, 15) is 19.8 Å². The van der Waals surface area contributed by atoms with E-state index in [0.29, 0.717) is 24.7 Å². The highest BCUT2D eigenvalue weighted by Gasteiger charge is 2.32. The van der Waals surface area contributed by atoms with Crippen LogP contribution in [0.15, 0.2) is 18.2 Å². The summed E-state index contributed by atoms with van der Waals surface area (Å²) in [5, 5.41) is 21.8. The molecule has 2 unspecified atom stereocenters. The van der Waals surface area contributed by atoms with Crippen LogP contribution in [0.3, 0.4) is 0 Å². The molecule has 24 heavy (non-hydrogen) atoms. The van der Waals surface area contributed by atoms with Gasteiger partial charge in [-0.25, -0.2) is 9.59 Å². The van der Waals surface area contributed by atoms with Gasteiger partial charge in [0.15, 0.2) is 17.5 Å². The lowest BCUT2D eigenvalue weighted by atomic mass is 10.0. The van der Waals surface area contributed by atoms with E-state index in [1.807, 2.05) is 0 Å². The van der Waals surface area contributed by atoms with Gasteiger partial charge in [0.05, 0.1) is 0 Å². The summed E-state index contributed by atoms with van der Waals surface area (Å²) in [5.74, 6) is -0.452. The van der Waals surface area contributed by atoms with E-state index in [-0.39, 0.29) is 5.56 Å². The van der Waals surface area contributed by atoms with Crippen LogP contribution in [0.25, 0.3) is 0 Å². The first-order valence-corrected chi connectivity index (χ1v) is 7.47. The third kappa shape index (κ3) is 4.51. The molecule has 132 valence electrons. The molecule has 1 aromatic rings. The van der Waals surface area contributed by atoms with Gasteiger partial charge in [0.25, 0.3) is 0 Å². The average Bonchev–Trinajstić information content (AvgIpc) is 2.49. The van der Waals surface area contributed by atoms with Gasteiger partial charge in [0.1, 0.15) is 24.9 Å². The Morgan fingerprint density at radius 3 is 2.42 bits per heavy atom. The van der Waals surface area contributed by atoms with E-state index in [2.05, 4.69) is 5.32 Å². The molecule has 8 heteroatoms. The van der Waals surface area contributed by atoms with Crippen molar-refractivity contribution in [3.63, 3.8) is 0 Å². The fraction of sp³-hybridized carbons (Fsp3) is 0.500. The van der Waals surface area contributed by atoms with Crippen molar-refractivity contribution in [2.45, 2.75) is 38.5 Å². The van der Waals surface area contributed by atoms with Gasteiger partial charge < -0.3 is 29.7 Å². The Labute approximate surface area is 139 Å². The first-order chi connectivity index (χ1) is 11.2. The van der Waals surface area contributed by atoms with Crippen molar-refractivity contribution in [3.8, 4) is 11.5 Å². The second-order valence-corrected chi connectivity index (χ2v) is 6.31. The van der Waals surface area contributed by atoms with Crippen LogP contribution in [-0.2, 0) is 9.53 Å². The zero-order chi connectivity index (χ0) is 17.9. The lowest BCUT2D eigenvalue weighted by Crippen LogP contribution is -2.46. The van der Waals surface area contributed by atoms with Crippen molar-refractivity contribution >= 4 is 12.1 Å². The van der Waals surface area contributed by atoms with Crippen LogP contribution < -0.4 is 14.8 Å². The van der Waals surface area contributed by atoms with E-state index in [4.69, 9.17) is 14.2 Å². The van der Waals surface area contributed by atoms with Gasteiger partial charge in [-0.1, -0.05) is 6.07 Å². The minimum absolute atomic E-state index is 0.280. The lowest BCUT2D eigenvalue weighted by Gasteiger charge is -2.25. The summed E-state index contributed by atoms with van der Waals surface area (Å²) in [7, 11) is 0. The highest BCUT2D eigenvalue weighted by molar-refractivity contribution is 5.81. The highest BCUT2D eigenvalue weighted by atomic mass is 16.6. The van der Waals surface area contributed by atoms with Crippen LogP contribution in [0.2, 0.25) is 0 Å². The first kappa shape index (κ1) is 17.9. The van der Waals surface area contributed by atoms with Crippen molar-refractivity contribution in [3.05, 3.63) is 23.8 Å².